The topological polar surface area (TPSA) is 64.1 Å². The SMILES string of the molecule is CN=C(NCc1cccc(COCc2ccccc2)c1)NCc1ccc(OC)c(OC)c1.I. The number of ether oxygens (including phenoxy) is 3. The van der Waals surface area contributed by atoms with Crippen molar-refractivity contribution in [1.82, 2.24) is 10.6 Å². The van der Waals surface area contributed by atoms with Crippen LogP contribution in [-0.4, -0.2) is 27.2 Å². The van der Waals surface area contributed by atoms with Crippen molar-refractivity contribution in [3.63, 3.8) is 0 Å². The third-order valence-electron chi connectivity index (χ3n) is 4.96. The molecule has 0 amide bonds. The summed E-state index contributed by atoms with van der Waals surface area (Å²) in [6.07, 6.45) is 0. The zero-order chi connectivity index (χ0) is 22.6. The second-order valence-corrected chi connectivity index (χ2v) is 7.27. The molecule has 0 heterocycles. The molecule has 0 unspecified atom stereocenters. The van der Waals surface area contributed by atoms with Gasteiger partial charge in [0.25, 0.3) is 0 Å². The van der Waals surface area contributed by atoms with Gasteiger partial charge in [-0.15, -0.1) is 24.0 Å². The van der Waals surface area contributed by atoms with Gasteiger partial charge in [0, 0.05) is 20.1 Å². The molecule has 7 heteroatoms. The standard InChI is InChI=1S/C26H31N3O3.HI/c1-27-26(29-17-22-12-13-24(30-2)25(15-22)31-3)28-16-21-10-7-11-23(14-21)19-32-18-20-8-5-4-6-9-20;/h4-15H,16-19H2,1-3H3,(H2,27,28,29);1H. The van der Waals surface area contributed by atoms with E-state index in [1.165, 1.54) is 11.1 Å². The summed E-state index contributed by atoms with van der Waals surface area (Å²) in [5.41, 5.74) is 4.56. The third kappa shape index (κ3) is 8.58. The fourth-order valence-corrected chi connectivity index (χ4v) is 3.27. The van der Waals surface area contributed by atoms with E-state index in [9.17, 15) is 0 Å². The summed E-state index contributed by atoms with van der Waals surface area (Å²) in [7, 11) is 5.03. The van der Waals surface area contributed by atoms with Gasteiger partial charge in [0.05, 0.1) is 27.4 Å². The molecule has 0 aliphatic rings. The Balaban J connectivity index is 0.00000385. The highest BCUT2D eigenvalue weighted by molar-refractivity contribution is 14.0. The number of guanidine groups is 1. The van der Waals surface area contributed by atoms with Crippen LogP contribution in [0.4, 0.5) is 0 Å². The number of hydrogen-bond donors (Lipinski definition) is 2. The number of halogens is 1. The molecule has 0 aliphatic carbocycles. The lowest BCUT2D eigenvalue weighted by Crippen LogP contribution is -2.36. The fraction of sp³-hybridized carbons (Fsp3) is 0.269. The Morgan fingerprint density at radius 1 is 0.697 bits per heavy atom. The maximum absolute atomic E-state index is 5.85. The summed E-state index contributed by atoms with van der Waals surface area (Å²) >= 11 is 0. The molecule has 3 aromatic rings. The lowest BCUT2D eigenvalue weighted by molar-refractivity contribution is 0.107. The number of benzene rings is 3. The molecule has 0 aromatic heterocycles. The van der Waals surface area contributed by atoms with Crippen molar-refractivity contribution in [3.8, 4) is 11.5 Å². The van der Waals surface area contributed by atoms with Crippen LogP contribution in [0.15, 0.2) is 77.8 Å². The van der Waals surface area contributed by atoms with Gasteiger partial charge in [0.1, 0.15) is 0 Å². The number of hydrogen-bond acceptors (Lipinski definition) is 4. The van der Waals surface area contributed by atoms with Crippen LogP contribution in [0.3, 0.4) is 0 Å². The summed E-state index contributed by atoms with van der Waals surface area (Å²) < 4.78 is 16.5. The lowest BCUT2D eigenvalue weighted by atomic mass is 10.1. The van der Waals surface area contributed by atoms with Crippen molar-refractivity contribution < 1.29 is 14.2 Å². The first-order chi connectivity index (χ1) is 15.7. The maximum atomic E-state index is 5.85. The van der Waals surface area contributed by atoms with Gasteiger partial charge in [-0.3, -0.25) is 4.99 Å². The van der Waals surface area contributed by atoms with Crippen LogP contribution in [0.2, 0.25) is 0 Å². The van der Waals surface area contributed by atoms with E-state index in [-0.39, 0.29) is 24.0 Å². The molecule has 176 valence electrons. The Kier molecular flexibility index (Phi) is 11.5. The van der Waals surface area contributed by atoms with Crippen molar-refractivity contribution >= 4 is 29.9 Å². The number of methoxy groups -OCH3 is 2. The van der Waals surface area contributed by atoms with Crippen molar-refractivity contribution in [2.24, 2.45) is 4.99 Å². The van der Waals surface area contributed by atoms with Gasteiger partial charge in [-0.05, 0) is 34.4 Å². The minimum atomic E-state index is 0. The van der Waals surface area contributed by atoms with Crippen LogP contribution in [0, 0.1) is 0 Å². The van der Waals surface area contributed by atoms with Gasteiger partial charge < -0.3 is 24.8 Å². The van der Waals surface area contributed by atoms with Crippen LogP contribution in [0.5, 0.6) is 11.5 Å². The van der Waals surface area contributed by atoms with Gasteiger partial charge in [-0.2, -0.15) is 0 Å². The predicted molar refractivity (Wildman–Crippen MR) is 143 cm³/mol. The Bertz CT molecular complexity index is 1010. The largest absolute Gasteiger partial charge is 0.493 e. The second kappa shape index (κ2) is 14.4. The van der Waals surface area contributed by atoms with E-state index in [0.717, 1.165) is 17.1 Å². The average Bonchev–Trinajstić information content (AvgIpc) is 2.85. The molecule has 0 bridgehead atoms. The van der Waals surface area contributed by atoms with Gasteiger partial charge in [0.15, 0.2) is 17.5 Å². The summed E-state index contributed by atoms with van der Waals surface area (Å²) in [5, 5.41) is 6.69. The van der Waals surface area contributed by atoms with Gasteiger partial charge in [-0.25, -0.2) is 0 Å². The van der Waals surface area contributed by atoms with E-state index in [4.69, 9.17) is 14.2 Å². The molecule has 0 atom stereocenters. The highest BCUT2D eigenvalue weighted by atomic mass is 127. The van der Waals surface area contributed by atoms with E-state index in [1.54, 1.807) is 21.3 Å². The predicted octanol–water partition coefficient (Wildman–Crippen LogP) is 4.90. The zero-order valence-electron chi connectivity index (χ0n) is 19.3. The minimum absolute atomic E-state index is 0. The van der Waals surface area contributed by atoms with Gasteiger partial charge in [0.2, 0.25) is 0 Å². The van der Waals surface area contributed by atoms with Crippen molar-refractivity contribution in [1.29, 1.82) is 0 Å². The van der Waals surface area contributed by atoms with Crippen molar-refractivity contribution in [2.45, 2.75) is 26.3 Å². The van der Waals surface area contributed by atoms with Crippen LogP contribution in [0.25, 0.3) is 0 Å². The molecule has 3 aromatic carbocycles. The quantitative estimate of drug-likeness (QED) is 0.210. The monoisotopic (exact) mass is 561 g/mol. The van der Waals surface area contributed by atoms with E-state index >= 15 is 0 Å². The number of aliphatic imine (C=N–C) groups is 1. The van der Waals surface area contributed by atoms with Gasteiger partial charge in [-0.1, -0.05) is 60.7 Å². The molecule has 2 N–H and O–H groups in total. The summed E-state index contributed by atoms with van der Waals surface area (Å²) in [5.74, 6) is 2.15. The smallest absolute Gasteiger partial charge is 0.191 e. The molecular weight excluding hydrogens is 529 g/mol. The molecule has 0 saturated carbocycles. The van der Waals surface area contributed by atoms with Crippen LogP contribution in [-0.2, 0) is 31.0 Å². The van der Waals surface area contributed by atoms with Crippen LogP contribution >= 0.6 is 24.0 Å². The number of rotatable bonds is 10. The normalized spacial score (nSPS) is 10.8. The number of nitrogens with zero attached hydrogens (tertiary/aromatic N) is 1. The summed E-state index contributed by atoms with van der Waals surface area (Å²) in [6.45, 7) is 2.47. The van der Waals surface area contributed by atoms with Crippen LogP contribution in [0.1, 0.15) is 22.3 Å². The molecule has 0 radical (unpaired) electrons. The molecular formula is C26H32IN3O3. The molecule has 0 saturated heterocycles. The zero-order valence-corrected chi connectivity index (χ0v) is 21.7. The van der Waals surface area contributed by atoms with E-state index in [2.05, 4.69) is 52.0 Å². The molecule has 0 aliphatic heterocycles. The fourth-order valence-electron chi connectivity index (χ4n) is 3.27. The average molecular weight is 561 g/mol. The highest BCUT2D eigenvalue weighted by Crippen LogP contribution is 2.27. The molecule has 3 rings (SSSR count). The maximum Gasteiger partial charge on any atom is 0.191 e. The first kappa shape index (κ1) is 26.5. The van der Waals surface area contributed by atoms with E-state index in [1.807, 2.05) is 36.4 Å². The van der Waals surface area contributed by atoms with E-state index < -0.39 is 0 Å². The molecule has 6 nitrogen and oxygen atoms in total. The van der Waals surface area contributed by atoms with E-state index in [0.29, 0.717) is 37.8 Å². The Morgan fingerprint density at radius 2 is 1.30 bits per heavy atom. The highest BCUT2D eigenvalue weighted by Gasteiger charge is 2.06. The summed E-state index contributed by atoms with van der Waals surface area (Å²) in [6, 6.07) is 24.4. The summed E-state index contributed by atoms with van der Waals surface area (Å²) in [4.78, 5) is 4.31. The molecule has 0 spiro atoms. The minimum Gasteiger partial charge on any atom is -0.493 e. The van der Waals surface area contributed by atoms with Crippen LogP contribution < -0.4 is 20.1 Å². The van der Waals surface area contributed by atoms with Gasteiger partial charge >= 0.3 is 0 Å². The molecule has 33 heavy (non-hydrogen) atoms. The first-order valence-electron chi connectivity index (χ1n) is 10.6. The Morgan fingerprint density at radius 3 is 1.97 bits per heavy atom. The Labute approximate surface area is 213 Å². The molecule has 0 fully saturated rings. The third-order valence-corrected chi connectivity index (χ3v) is 4.96. The Hall–Kier alpha value is -2.78. The number of nitrogens with one attached hydrogen (secondary N) is 2. The second-order valence-electron chi connectivity index (χ2n) is 7.27. The first-order valence-corrected chi connectivity index (χ1v) is 10.6. The van der Waals surface area contributed by atoms with Crippen molar-refractivity contribution in [3.05, 3.63) is 95.1 Å². The lowest BCUT2D eigenvalue weighted by Gasteiger charge is -2.14. The van der Waals surface area contributed by atoms with Crippen molar-refractivity contribution in [2.75, 3.05) is 21.3 Å².